The summed E-state index contributed by atoms with van der Waals surface area (Å²) < 4.78 is 6.79. The molecule has 0 N–H and O–H groups in total. The maximum atomic E-state index is 6.79. The molecule has 2 unspecified atom stereocenters. The lowest BCUT2D eigenvalue weighted by molar-refractivity contribution is 0.246. The first kappa shape index (κ1) is 24.6. The maximum Gasteiger partial charge on any atom is 0.160 e. The van der Waals surface area contributed by atoms with Gasteiger partial charge in [-0.05, 0) is 45.7 Å². The van der Waals surface area contributed by atoms with Gasteiger partial charge in [0.25, 0.3) is 0 Å². The first-order valence-corrected chi connectivity index (χ1v) is 15.0. The minimum Gasteiger partial charge on any atom is -0.455 e. The molecule has 7 aromatic rings. The van der Waals surface area contributed by atoms with Crippen molar-refractivity contribution in [2.45, 2.75) is 32.1 Å². The van der Waals surface area contributed by atoms with Gasteiger partial charge in [0.1, 0.15) is 11.2 Å². The number of furan rings is 1. The van der Waals surface area contributed by atoms with Crippen molar-refractivity contribution in [2.75, 3.05) is 0 Å². The quantitative estimate of drug-likeness (QED) is 0.213. The Hall–Kier alpha value is -5.02. The van der Waals surface area contributed by atoms with Gasteiger partial charge in [-0.3, -0.25) is 0 Å². The monoisotopic (exact) mass is 554 g/mol. The zero-order chi connectivity index (χ0) is 28.9. The van der Waals surface area contributed by atoms with Crippen molar-refractivity contribution in [1.82, 2.24) is 9.97 Å². The van der Waals surface area contributed by atoms with Gasteiger partial charge in [0.05, 0.1) is 5.52 Å². The number of hydrogen-bond acceptors (Lipinski definition) is 3. The molecule has 43 heavy (non-hydrogen) atoms. The number of aromatic nitrogens is 2. The average Bonchev–Trinajstić information content (AvgIpc) is 3.50. The summed E-state index contributed by atoms with van der Waals surface area (Å²) in [5, 5.41) is 5.75. The first-order chi connectivity index (χ1) is 21.0. The van der Waals surface area contributed by atoms with E-state index in [1.165, 1.54) is 21.9 Å². The number of nitrogens with zero attached hydrogens (tertiary/aromatic N) is 2. The summed E-state index contributed by atoms with van der Waals surface area (Å²) in [5.74, 6) is 1.09. The van der Waals surface area contributed by atoms with Gasteiger partial charge in [0.15, 0.2) is 5.82 Å². The highest BCUT2D eigenvalue weighted by Gasteiger charge is 2.54. The van der Waals surface area contributed by atoms with E-state index >= 15 is 0 Å². The van der Waals surface area contributed by atoms with Gasteiger partial charge in [-0.25, -0.2) is 9.97 Å². The first-order valence-electron chi connectivity index (χ1n) is 15.0. The second-order valence-electron chi connectivity index (χ2n) is 12.8. The Labute approximate surface area is 250 Å². The van der Waals surface area contributed by atoms with Crippen LogP contribution in [0.25, 0.3) is 66.1 Å². The molecule has 9 rings (SSSR count). The second kappa shape index (κ2) is 8.52. The number of fused-ring (bicyclic) bond motifs is 9. The molecular weight excluding hydrogens is 524 g/mol. The van der Waals surface area contributed by atoms with Crippen molar-refractivity contribution in [2.24, 2.45) is 5.41 Å². The molecule has 2 atom stereocenters. The van der Waals surface area contributed by atoms with Gasteiger partial charge in [-0.2, -0.15) is 0 Å². The Morgan fingerprint density at radius 3 is 2.35 bits per heavy atom. The smallest absolute Gasteiger partial charge is 0.160 e. The fraction of sp³-hybridized carbons (Fsp3) is 0.150. The molecule has 0 saturated carbocycles. The van der Waals surface area contributed by atoms with E-state index in [4.69, 9.17) is 14.4 Å². The molecule has 0 spiro atoms. The lowest BCUT2D eigenvalue weighted by Crippen LogP contribution is -2.36. The number of para-hydroxylation sites is 2. The Morgan fingerprint density at radius 2 is 1.47 bits per heavy atom. The summed E-state index contributed by atoms with van der Waals surface area (Å²) in [4.78, 5) is 9.67. The fourth-order valence-corrected chi connectivity index (χ4v) is 7.91. The van der Waals surface area contributed by atoms with E-state index in [1.807, 2.05) is 30.5 Å². The molecule has 3 heteroatoms. The van der Waals surface area contributed by atoms with Gasteiger partial charge < -0.3 is 4.42 Å². The molecule has 5 aromatic carbocycles. The van der Waals surface area contributed by atoms with E-state index in [1.54, 1.807) is 0 Å². The van der Waals surface area contributed by atoms with Crippen LogP contribution in [0.5, 0.6) is 0 Å². The van der Waals surface area contributed by atoms with Crippen molar-refractivity contribution >= 4 is 43.6 Å². The molecular formula is C40H30N2O. The third-order valence-electron chi connectivity index (χ3n) is 10.4. The predicted molar refractivity (Wildman–Crippen MR) is 177 cm³/mol. The topological polar surface area (TPSA) is 38.9 Å². The van der Waals surface area contributed by atoms with Gasteiger partial charge in [0, 0.05) is 50.2 Å². The summed E-state index contributed by atoms with van der Waals surface area (Å²) in [6.07, 6.45) is 11.1. The zero-order valence-corrected chi connectivity index (χ0v) is 24.4. The van der Waals surface area contributed by atoms with Gasteiger partial charge >= 0.3 is 0 Å². The molecule has 0 aliphatic heterocycles. The van der Waals surface area contributed by atoms with Crippen molar-refractivity contribution in [3.8, 4) is 22.5 Å². The Balaban J connectivity index is 1.28. The normalized spacial score (nSPS) is 20.3. The molecule has 0 bridgehead atoms. The van der Waals surface area contributed by atoms with Crippen LogP contribution in [-0.4, -0.2) is 9.97 Å². The molecule has 3 nitrogen and oxygen atoms in total. The highest BCUT2D eigenvalue weighted by Crippen LogP contribution is 2.63. The van der Waals surface area contributed by atoms with Crippen LogP contribution in [0.15, 0.2) is 126 Å². The molecule has 2 aliphatic carbocycles. The Kier molecular flexibility index (Phi) is 4.86. The molecule has 2 aliphatic rings. The van der Waals surface area contributed by atoms with Crippen molar-refractivity contribution in [3.63, 3.8) is 0 Å². The average molecular weight is 555 g/mol. The van der Waals surface area contributed by atoms with E-state index in [0.717, 1.165) is 55.4 Å². The number of rotatable bonds is 2. The molecule has 0 amide bonds. The van der Waals surface area contributed by atoms with Crippen LogP contribution in [0.1, 0.15) is 37.8 Å². The van der Waals surface area contributed by atoms with Crippen molar-refractivity contribution in [1.29, 1.82) is 0 Å². The highest BCUT2D eigenvalue weighted by molar-refractivity contribution is 6.15. The Bertz CT molecular complexity index is 2350. The molecule has 206 valence electrons. The third-order valence-corrected chi connectivity index (χ3v) is 10.4. The van der Waals surface area contributed by atoms with Crippen LogP contribution >= 0.6 is 0 Å². The molecule has 0 fully saturated rings. The van der Waals surface area contributed by atoms with Crippen molar-refractivity contribution in [3.05, 3.63) is 133 Å². The SMILES string of the molecule is CC1(C)c2c(ccc3oc4c(-c5ccc(-c6ncc7ccccc7n6)c6ccccc56)cccc4c23)C2C=CC=CC21C. The van der Waals surface area contributed by atoms with Crippen LogP contribution in [0, 0.1) is 5.41 Å². The van der Waals surface area contributed by atoms with E-state index in [-0.39, 0.29) is 10.8 Å². The van der Waals surface area contributed by atoms with Crippen LogP contribution in [0.2, 0.25) is 0 Å². The van der Waals surface area contributed by atoms with Crippen molar-refractivity contribution < 1.29 is 4.42 Å². The van der Waals surface area contributed by atoms with Gasteiger partial charge in [0.2, 0.25) is 0 Å². The Morgan fingerprint density at radius 1 is 0.698 bits per heavy atom. The molecule has 0 radical (unpaired) electrons. The second-order valence-corrected chi connectivity index (χ2v) is 12.8. The largest absolute Gasteiger partial charge is 0.455 e. The molecule has 2 aromatic heterocycles. The highest BCUT2D eigenvalue weighted by atomic mass is 16.3. The number of hydrogen-bond donors (Lipinski definition) is 0. The summed E-state index contributed by atoms with van der Waals surface area (Å²) in [6.45, 7) is 7.21. The van der Waals surface area contributed by atoms with Crippen LogP contribution in [-0.2, 0) is 5.41 Å². The number of allylic oxidation sites excluding steroid dienone is 4. The lowest BCUT2D eigenvalue weighted by Gasteiger charge is -2.41. The van der Waals surface area contributed by atoms with E-state index < -0.39 is 0 Å². The standard InChI is InChI=1S/C40H30N2O/c1-39(2)36-30(32-16-8-9-22-40(32,39)3)20-21-34-35(36)31-15-10-14-28(37(31)43-34)27-18-19-29(26-13-6-5-12-25(26)27)38-41-23-24-11-4-7-17-33(24)42-38/h4-23,32H,1-3H3. The van der Waals surface area contributed by atoms with Gasteiger partial charge in [-0.1, -0.05) is 118 Å². The summed E-state index contributed by atoms with van der Waals surface area (Å²) in [5.41, 5.74) is 8.89. The minimum absolute atomic E-state index is 0.0104. The van der Waals surface area contributed by atoms with E-state index in [2.05, 4.69) is 112 Å². The summed E-state index contributed by atoms with van der Waals surface area (Å²) in [7, 11) is 0. The third kappa shape index (κ3) is 3.20. The maximum absolute atomic E-state index is 6.79. The van der Waals surface area contributed by atoms with E-state index in [0.29, 0.717) is 5.92 Å². The molecule has 2 heterocycles. The van der Waals surface area contributed by atoms with Crippen LogP contribution in [0.4, 0.5) is 0 Å². The van der Waals surface area contributed by atoms with Crippen LogP contribution in [0.3, 0.4) is 0 Å². The fourth-order valence-electron chi connectivity index (χ4n) is 7.91. The zero-order valence-electron chi connectivity index (χ0n) is 24.4. The lowest BCUT2D eigenvalue weighted by atomic mass is 9.62. The summed E-state index contributed by atoms with van der Waals surface area (Å²) in [6, 6.07) is 32.1. The summed E-state index contributed by atoms with van der Waals surface area (Å²) >= 11 is 0. The predicted octanol–water partition coefficient (Wildman–Crippen LogP) is 10.5. The van der Waals surface area contributed by atoms with E-state index in [9.17, 15) is 0 Å². The minimum atomic E-state index is -0.0607. The van der Waals surface area contributed by atoms with Gasteiger partial charge in [-0.15, -0.1) is 0 Å². The molecule has 0 saturated heterocycles. The number of benzene rings is 5. The van der Waals surface area contributed by atoms with Crippen LogP contribution < -0.4 is 0 Å².